The van der Waals surface area contributed by atoms with Crippen LogP contribution in [0.1, 0.15) is 36.2 Å². The fourth-order valence-electron chi connectivity index (χ4n) is 3.13. The van der Waals surface area contributed by atoms with Crippen LogP contribution in [0.2, 0.25) is 0 Å². The number of amides is 1. The Morgan fingerprint density at radius 1 is 1.17 bits per heavy atom. The molecule has 3 N–H and O–H groups in total. The molecule has 0 spiro atoms. The van der Waals surface area contributed by atoms with Gasteiger partial charge in [0.2, 0.25) is 0 Å². The fraction of sp³-hybridized carbons (Fsp3) is 0.318. The molecule has 29 heavy (non-hydrogen) atoms. The van der Waals surface area contributed by atoms with Crippen molar-refractivity contribution in [3.63, 3.8) is 0 Å². The van der Waals surface area contributed by atoms with Crippen LogP contribution in [0.5, 0.6) is 0 Å². The molecule has 1 aromatic heterocycles. The third-order valence-corrected chi connectivity index (χ3v) is 4.87. The highest BCUT2D eigenvalue weighted by Gasteiger charge is 2.16. The monoisotopic (exact) mass is 394 g/mol. The van der Waals surface area contributed by atoms with Crippen molar-refractivity contribution in [2.75, 3.05) is 13.7 Å². The Balaban J connectivity index is 1.84. The lowest BCUT2D eigenvalue weighted by atomic mass is 9.95. The molecule has 0 fully saturated rings. The number of nitrogens with one attached hydrogen (secondary N) is 1. The van der Waals surface area contributed by atoms with Crippen molar-refractivity contribution in [2.24, 2.45) is 12.8 Å². The Kier molecular flexibility index (Phi) is 5.70. The van der Waals surface area contributed by atoms with Crippen LogP contribution >= 0.6 is 0 Å². The molecule has 1 heterocycles. The van der Waals surface area contributed by atoms with Crippen molar-refractivity contribution in [2.45, 2.75) is 25.8 Å². The molecule has 0 aliphatic carbocycles. The van der Waals surface area contributed by atoms with Crippen LogP contribution in [-0.2, 0) is 22.1 Å². The highest BCUT2D eigenvalue weighted by atomic mass is 16.5. The van der Waals surface area contributed by atoms with Gasteiger partial charge in [0, 0.05) is 30.3 Å². The number of aromatic nitrogens is 2. The van der Waals surface area contributed by atoms with Gasteiger partial charge in [0.15, 0.2) is 0 Å². The molecule has 0 radical (unpaired) electrons. The van der Waals surface area contributed by atoms with Crippen LogP contribution in [0.3, 0.4) is 0 Å². The maximum Gasteiger partial charge on any atom is 0.307 e. The Morgan fingerprint density at radius 2 is 1.86 bits per heavy atom. The van der Waals surface area contributed by atoms with Crippen molar-refractivity contribution < 1.29 is 14.3 Å². The quantitative estimate of drug-likeness (QED) is 0.626. The van der Waals surface area contributed by atoms with E-state index in [-0.39, 0.29) is 24.8 Å². The molecule has 7 heteroatoms. The van der Waals surface area contributed by atoms with E-state index in [1.807, 2.05) is 55.8 Å². The van der Waals surface area contributed by atoms with Gasteiger partial charge in [-0.25, -0.2) is 4.98 Å². The number of carbonyl (C=O) groups is 2. The molecule has 1 amide bonds. The molecule has 0 bridgehead atoms. The Labute approximate surface area is 169 Å². The first-order valence-corrected chi connectivity index (χ1v) is 9.42. The zero-order valence-electron chi connectivity index (χ0n) is 17.2. The minimum atomic E-state index is -0.402. The number of nitrogens with two attached hydrogens (primary N) is 1. The summed E-state index contributed by atoms with van der Waals surface area (Å²) in [5, 5.41) is 2.72. The van der Waals surface area contributed by atoms with E-state index in [9.17, 15) is 9.59 Å². The zero-order valence-corrected chi connectivity index (χ0v) is 17.2. The van der Waals surface area contributed by atoms with Gasteiger partial charge in [-0.1, -0.05) is 24.3 Å². The Hall–Kier alpha value is -3.19. The van der Waals surface area contributed by atoms with Gasteiger partial charge < -0.3 is 20.4 Å². The van der Waals surface area contributed by atoms with E-state index >= 15 is 0 Å². The summed E-state index contributed by atoms with van der Waals surface area (Å²) in [4.78, 5) is 28.2. The molecule has 2 aromatic carbocycles. The van der Waals surface area contributed by atoms with Gasteiger partial charge >= 0.3 is 5.97 Å². The van der Waals surface area contributed by atoms with Crippen molar-refractivity contribution >= 4 is 22.9 Å². The number of benzene rings is 2. The third kappa shape index (κ3) is 4.46. The number of esters is 1. The van der Waals surface area contributed by atoms with Crippen molar-refractivity contribution in [3.8, 4) is 11.4 Å². The second-order valence-corrected chi connectivity index (χ2v) is 7.58. The van der Waals surface area contributed by atoms with E-state index in [4.69, 9.17) is 10.7 Å². The van der Waals surface area contributed by atoms with Crippen molar-refractivity contribution in [1.82, 2.24) is 14.9 Å². The molecule has 3 rings (SSSR count). The number of hydrogen-bond acceptors (Lipinski definition) is 5. The number of hydrogen-bond donors (Lipinski definition) is 2. The fourth-order valence-corrected chi connectivity index (χ4v) is 3.13. The standard InChI is InChI=1S/C22H26N4O3/c1-22(2,23)16-8-5-14(6-9-16)20-25-17-13-15(7-10-18(17)26(20)3)21(28)24-12-11-19(27)29-4/h5-10,13H,11-12,23H2,1-4H3,(H,24,28). The Morgan fingerprint density at radius 3 is 2.48 bits per heavy atom. The number of rotatable bonds is 6. The first-order chi connectivity index (χ1) is 13.7. The van der Waals surface area contributed by atoms with Crippen LogP contribution in [0, 0.1) is 0 Å². The van der Waals surface area contributed by atoms with Gasteiger partial charge in [-0.2, -0.15) is 0 Å². The van der Waals surface area contributed by atoms with Gasteiger partial charge in [-0.15, -0.1) is 0 Å². The number of carbonyl (C=O) groups excluding carboxylic acids is 2. The van der Waals surface area contributed by atoms with Gasteiger partial charge in [-0.3, -0.25) is 9.59 Å². The minimum absolute atomic E-state index is 0.133. The normalized spacial score (nSPS) is 11.5. The number of nitrogens with zero attached hydrogens (tertiary/aromatic N) is 2. The Bertz CT molecular complexity index is 1050. The molecule has 3 aromatic rings. The molecule has 0 saturated carbocycles. The first-order valence-electron chi connectivity index (χ1n) is 9.42. The average molecular weight is 394 g/mol. The zero-order chi connectivity index (χ0) is 21.2. The molecule has 7 nitrogen and oxygen atoms in total. The first kappa shape index (κ1) is 20.5. The molecular formula is C22H26N4O3. The van der Waals surface area contributed by atoms with E-state index in [2.05, 4.69) is 10.1 Å². The summed E-state index contributed by atoms with van der Waals surface area (Å²) in [5.74, 6) is 0.196. The summed E-state index contributed by atoms with van der Waals surface area (Å²) in [7, 11) is 3.27. The van der Waals surface area contributed by atoms with Crippen LogP contribution in [0.4, 0.5) is 0 Å². The van der Waals surface area contributed by atoms with Crippen LogP contribution in [0.15, 0.2) is 42.5 Å². The highest BCUT2D eigenvalue weighted by Crippen LogP contribution is 2.26. The summed E-state index contributed by atoms with van der Waals surface area (Å²) in [6.45, 7) is 4.16. The SMILES string of the molecule is COC(=O)CCNC(=O)c1ccc2c(c1)nc(-c1ccc(C(C)(C)N)cc1)n2C. The maximum atomic E-state index is 12.3. The van der Waals surface area contributed by atoms with Gasteiger partial charge in [0.25, 0.3) is 5.91 Å². The molecule has 0 saturated heterocycles. The van der Waals surface area contributed by atoms with E-state index in [0.717, 1.165) is 28.0 Å². The summed E-state index contributed by atoms with van der Waals surface area (Å²) in [5.41, 5.74) is 9.92. The van der Waals surface area contributed by atoms with E-state index in [1.54, 1.807) is 12.1 Å². The van der Waals surface area contributed by atoms with Crippen LogP contribution in [0.25, 0.3) is 22.4 Å². The van der Waals surface area contributed by atoms with Gasteiger partial charge in [-0.05, 0) is 37.6 Å². The van der Waals surface area contributed by atoms with Gasteiger partial charge in [0.05, 0.1) is 24.6 Å². The average Bonchev–Trinajstić information content (AvgIpc) is 3.03. The molecule has 152 valence electrons. The van der Waals surface area contributed by atoms with Crippen LogP contribution in [-0.4, -0.2) is 35.1 Å². The van der Waals surface area contributed by atoms with E-state index in [1.165, 1.54) is 7.11 Å². The third-order valence-electron chi connectivity index (χ3n) is 4.87. The number of imidazole rings is 1. The lowest BCUT2D eigenvalue weighted by Gasteiger charge is -2.19. The van der Waals surface area contributed by atoms with Crippen molar-refractivity contribution in [3.05, 3.63) is 53.6 Å². The van der Waals surface area contributed by atoms with E-state index in [0.29, 0.717) is 5.56 Å². The van der Waals surface area contributed by atoms with Gasteiger partial charge in [0.1, 0.15) is 5.82 Å². The predicted octanol–water partition coefficient (Wildman–Crippen LogP) is 2.73. The maximum absolute atomic E-state index is 12.3. The second kappa shape index (κ2) is 8.05. The number of aryl methyl sites for hydroxylation is 1. The summed E-state index contributed by atoms with van der Waals surface area (Å²) in [6, 6.07) is 13.4. The molecule has 0 aliphatic heterocycles. The summed E-state index contributed by atoms with van der Waals surface area (Å²) >= 11 is 0. The smallest absolute Gasteiger partial charge is 0.307 e. The number of fused-ring (bicyclic) bond motifs is 1. The van der Waals surface area contributed by atoms with Crippen LogP contribution < -0.4 is 11.1 Å². The highest BCUT2D eigenvalue weighted by molar-refractivity contribution is 5.98. The topological polar surface area (TPSA) is 99.2 Å². The lowest BCUT2D eigenvalue weighted by Crippen LogP contribution is -2.28. The van der Waals surface area contributed by atoms with E-state index < -0.39 is 5.54 Å². The molecular weight excluding hydrogens is 368 g/mol. The lowest BCUT2D eigenvalue weighted by molar-refractivity contribution is -0.140. The number of methoxy groups -OCH3 is 1. The number of ether oxygens (including phenoxy) is 1. The van der Waals surface area contributed by atoms with Crippen molar-refractivity contribution in [1.29, 1.82) is 0 Å². The molecule has 0 aliphatic rings. The predicted molar refractivity (Wildman–Crippen MR) is 112 cm³/mol. The second-order valence-electron chi connectivity index (χ2n) is 7.58. The minimum Gasteiger partial charge on any atom is -0.469 e. The largest absolute Gasteiger partial charge is 0.469 e. The summed E-state index contributed by atoms with van der Waals surface area (Å²) in [6.07, 6.45) is 0.133. The molecule has 0 unspecified atom stereocenters. The molecule has 0 atom stereocenters. The summed E-state index contributed by atoms with van der Waals surface area (Å²) < 4.78 is 6.57.